The van der Waals surface area contributed by atoms with Crippen LogP contribution in [0.15, 0.2) is 42.5 Å². The van der Waals surface area contributed by atoms with Crippen LogP contribution in [-0.2, 0) is 14.8 Å². The average Bonchev–Trinajstić information content (AvgIpc) is 2.73. The SMILES string of the molecule is Cc1ccc(NC(=O)c2ccc(Cl)c(N3C(=O)C(C)(C)CS3(=O)=O)c2)cc1. The van der Waals surface area contributed by atoms with Crippen molar-refractivity contribution in [3.63, 3.8) is 0 Å². The van der Waals surface area contributed by atoms with Gasteiger partial charge in [0.2, 0.25) is 15.9 Å². The molecule has 1 aliphatic heterocycles. The largest absolute Gasteiger partial charge is 0.322 e. The van der Waals surface area contributed by atoms with Crippen molar-refractivity contribution in [2.24, 2.45) is 5.41 Å². The molecule has 0 radical (unpaired) electrons. The van der Waals surface area contributed by atoms with E-state index in [2.05, 4.69) is 5.32 Å². The summed E-state index contributed by atoms with van der Waals surface area (Å²) in [7, 11) is -3.86. The summed E-state index contributed by atoms with van der Waals surface area (Å²) in [4.78, 5) is 25.1. The minimum Gasteiger partial charge on any atom is -0.322 e. The first-order valence-corrected chi connectivity index (χ1v) is 10.2. The molecular weight excluding hydrogens is 388 g/mol. The van der Waals surface area contributed by atoms with Crippen molar-refractivity contribution in [2.75, 3.05) is 15.4 Å². The summed E-state index contributed by atoms with van der Waals surface area (Å²) in [6.07, 6.45) is 0. The minimum atomic E-state index is -3.86. The molecule has 1 heterocycles. The van der Waals surface area contributed by atoms with Crippen molar-refractivity contribution in [1.29, 1.82) is 0 Å². The Labute approximate surface area is 163 Å². The van der Waals surface area contributed by atoms with Crippen LogP contribution in [0.4, 0.5) is 11.4 Å². The molecule has 0 atom stereocenters. The molecule has 142 valence electrons. The van der Waals surface area contributed by atoms with Gasteiger partial charge in [-0.2, -0.15) is 0 Å². The molecule has 8 heteroatoms. The van der Waals surface area contributed by atoms with Crippen molar-refractivity contribution in [1.82, 2.24) is 0 Å². The molecule has 1 aliphatic rings. The van der Waals surface area contributed by atoms with Crippen LogP contribution in [-0.4, -0.2) is 26.0 Å². The Kier molecular flexibility index (Phi) is 4.78. The van der Waals surface area contributed by atoms with Crippen LogP contribution >= 0.6 is 11.6 Å². The Morgan fingerprint density at radius 1 is 1.15 bits per heavy atom. The summed E-state index contributed by atoms with van der Waals surface area (Å²) >= 11 is 6.15. The standard InChI is InChI=1S/C19H19ClN2O4S/c1-12-4-7-14(8-5-12)21-17(23)13-6-9-15(20)16(10-13)22-18(24)19(2,3)11-27(22,25)26/h4-10H,11H2,1-3H3,(H,21,23). The van der Waals surface area contributed by atoms with Gasteiger partial charge in [0.25, 0.3) is 5.91 Å². The Morgan fingerprint density at radius 3 is 2.33 bits per heavy atom. The van der Waals surface area contributed by atoms with Gasteiger partial charge in [-0.1, -0.05) is 29.3 Å². The van der Waals surface area contributed by atoms with E-state index in [1.165, 1.54) is 18.2 Å². The number of nitrogens with one attached hydrogen (secondary N) is 1. The number of aryl methyl sites for hydroxylation is 1. The van der Waals surface area contributed by atoms with Crippen LogP contribution in [0, 0.1) is 12.3 Å². The van der Waals surface area contributed by atoms with Crippen molar-refractivity contribution >= 4 is 44.8 Å². The van der Waals surface area contributed by atoms with Crippen LogP contribution in [0.3, 0.4) is 0 Å². The first kappa shape index (κ1) is 19.4. The van der Waals surface area contributed by atoms with Crippen molar-refractivity contribution in [2.45, 2.75) is 20.8 Å². The number of hydrogen-bond acceptors (Lipinski definition) is 4. The summed E-state index contributed by atoms with van der Waals surface area (Å²) in [6, 6.07) is 11.5. The summed E-state index contributed by atoms with van der Waals surface area (Å²) in [5.41, 5.74) is 0.796. The molecule has 1 N–H and O–H groups in total. The van der Waals surface area contributed by atoms with Gasteiger partial charge in [-0.05, 0) is 51.1 Å². The zero-order chi connectivity index (χ0) is 20.0. The highest BCUT2D eigenvalue weighted by Gasteiger charge is 2.50. The number of carbonyl (C=O) groups is 2. The molecule has 0 aliphatic carbocycles. The molecule has 3 rings (SSSR count). The topological polar surface area (TPSA) is 83.6 Å². The Morgan fingerprint density at radius 2 is 1.78 bits per heavy atom. The fourth-order valence-corrected chi connectivity index (χ4v) is 5.26. The first-order chi connectivity index (χ1) is 12.5. The van der Waals surface area contributed by atoms with Crippen molar-refractivity contribution < 1.29 is 18.0 Å². The van der Waals surface area contributed by atoms with E-state index < -0.39 is 27.3 Å². The van der Waals surface area contributed by atoms with Gasteiger partial charge < -0.3 is 5.32 Å². The molecule has 0 bridgehead atoms. The molecule has 2 amide bonds. The lowest BCUT2D eigenvalue weighted by molar-refractivity contribution is -0.123. The van der Waals surface area contributed by atoms with Gasteiger partial charge in [0.15, 0.2) is 0 Å². The monoisotopic (exact) mass is 406 g/mol. The zero-order valence-electron chi connectivity index (χ0n) is 15.1. The van der Waals surface area contributed by atoms with Gasteiger partial charge in [-0.15, -0.1) is 0 Å². The summed E-state index contributed by atoms with van der Waals surface area (Å²) in [5.74, 6) is -1.31. The summed E-state index contributed by atoms with van der Waals surface area (Å²) in [6.45, 7) is 5.07. The number of carbonyl (C=O) groups excluding carboxylic acids is 2. The van der Waals surface area contributed by atoms with Crippen LogP contribution in [0.5, 0.6) is 0 Å². The molecule has 0 spiro atoms. The second-order valence-corrected chi connectivity index (χ2v) is 9.42. The maximum absolute atomic E-state index is 12.6. The molecule has 1 fully saturated rings. The van der Waals surface area contributed by atoms with E-state index in [1.54, 1.807) is 26.0 Å². The second kappa shape index (κ2) is 6.65. The predicted molar refractivity (Wildman–Crippen MR) is 106 cm³/mol. The van der Waals surface area contributed by atoms with Crippen molar-refractivity contribution in [3.8, 4) is 0 Å². The Hall–Kier alpha value is -2.38. The van der Waals surface area contributed by atoms with E-state index in [-0.39, 0.29) is 22.0 Å². The maximum Gasteiger partial charge on any atom is 0.255 e. The fourth-order valence-electron chi connectivity index (χ4n) is 2.89. The molecule has 2 aromatic rings. The highest BCUT2D eigenvalue weighted by molar-refractivity contribution is 7.94. The smallest absolute Gasteiger partial charge is 0.255 e. The number of anilines is 2. The number of hydrogen-bond donors (Lipinski definition) is 1. The second-order valence-electron chi connectivity index (χ2n) is 7.20. The number of nitrogens with zero attached hydrogens (tertiary/aromatic N) is 1. The molecule has 6 nitrogen and oxygen atoms in total. The predicted octanol–water partition coefficient (Wildman–Crippen LogP) is 3.60. The third-order valence-electron chi connectivity index (χ3n) is 4.32. The number of rotatable bonds is 3. The van der Waals surface area contributed by atoms with Crippen LogP contribution in [0.2, 0.25) is 5.02 Å². The number of sulfonamides is 1. The number of benzene rings is 2. The molecule has 0 aromatic heterocycles. The van der Waals surface area contributed by atoms with Crippen LogP contribution < -0.4 is 9.62 Å². The molecule has 1 saturated heterocycles. The average molecular weight is 407 g/mol. The molecular formula is C19H19ClN2O4S. The van der Waals surface area contributed by atoms with E-state index >= 15 is 0 Å². The maximum atomic E-state index is 12.6. The summed E-state index contributed by atoms with van der Waals surface area (Å²) < 4.78 is 25.7. The molecule has 0 unspecified atom stereocenters. The van der Waals surface area contributed by atoms with Gasteiger partial charge in [-0.25, -0.2) is 12.7 Å². The third kappa shape index (κ3) is 3.70. The number of halogens is 1. The van der Waals surface area contributed by atoms with Crippen molar-refractivity contribution in [3.05, 3.63) is 58.6 Å². The molecule has 0 saturated carbocycles. The van der Waals surface area contributed by atoms with E-state index in [0.717, 1.165) is 5.56 Å². The Balaban J connectivity index is 1.96. The van der Waals surface area contributed by atoms with Gasteiger partial charge in [0.1, 0.15) is 0 Å². The summed E-state index contributed by atoms with van der Waals surface area (Å²) in [5, 5.41) is 2.82. The van der Waals surface area contributed by atoms with E-state index in [0.29, 0.717) is 9.99 Å². The fraction of sp³-hybridized carbons (Fsp3) is 0.263. The highest BCUT2D eigenvalue weighted by Crippen LogP contribution is 2.39. The Bertz CT molecular complexity index is 1030. The third-order valence-corrected chi connectivity index (χ3v) is 6.65. The minimum absolute atomic E-state index is 0.0104. The molecule has 2 aromatic carbocycles. The van der Waals surface area contributed by atoms with Gasteiger partial charge in [-0.3, -0.25) is 9.59 Å². The van der Waals surface area contributed by atoms with E-state index in [9.17, 15) is 18.0 Å². The highest BCUT2D eigenvalue weighted by atomic mass is 35.5. The molecule has 27 heavy (non-hydrogen) atoms. The van der Waals surface area contributed by atoms with Crippen LogP contribution in [0.1, 0.15) is 29.8 Å². The van der Waals surface area contributed by atoms with E-state index in [4.69, 9.17) is 11.6 Å². The lowest BCUT2D eigenvalue weighted by Gasteiger charge is -2.19. The first-order valence-electron chi connectivity index (χ1n) is 8.26. The lowest BCUT2D eigenvalue weighted by Crippen LogP contribution is -2.33. The van der Waals surface area contributed by atoms with E-state index in [1.807, 2.05) is 19.1 Å². The zero-order valence-corrected chi connectivity index (χ0v) is 16.7. The van der Waals surface area contributed by atoms with Gasteiger partial charge >= 0.3 is 0 Å². The van der Waals surface area contributed by atoms with Gasteiger partial charge in [0.05, 0.1) is 21.9 Å². The number of amides is 2. The van der Waals surface area contributed by atoms with Gasteiger partial charge in [0, 0.05) is 11.3 Å². The quantitative estimate of drug-likeness (QED) is 0.844. The lowest BCUT2D eigenvalue weighted by atomic mass is 9.95. The van der Waals surface area contributed by atoms with Crippen LogP contribution in [0.25, 0.3) is 0 Å². The normalized spacial score (nSPS) is 17.8.